The number of rotatable bonds is 5. The fourth-order valence-corrected chi connectivity index (χ4v) is 2.50. The molecular weight excluding hydrogens is 240 g/mol. The molecule has 0 aromatic heterocycles. The van der Waals surface area contributed by atoms with E-state index >= 15 is 0 Å². The molecule has 1 aromatic rings. The van der Waals surface area contributed by atoms with Crippen LogP contribution in [0.5, 0.6) is 5.75 Å². The van der Waals surface area contributed by atoms with Crippen molar-refractivity contribution in [3.63, 3.8) is 0 Å². The summed E-state index contributed by atoms with van der Waals surface area (Å²) in [5.74, 6) is 1.22. The molecule has 0 atom stereocenters. The van der Waals surface area contributed by atoms with Gasteiger partial charge in [0.1, 0.15) is 5.75 Å². The van der Waals surface area contributed by atoms with E-state index in [-0.39, 0.29) is 0 Å². The van der Waals surface area contributed by atoms with Gasteiger partial charge in [0.25, 0.3) is 0 Å². The average Bonchev–Trinajstić information content (AvgIpc) is 2.46. The highest BCUT2D eigenvalue weighted by atomic mass is 16.5. The van der Waals surface area contributed by atoms with Gasteiger partial charge in [-0.1, -0.05) is 13.0 Å². The first-order valence-corrected chi connectivity index (χ1v) is 7.13. The molecule has 1 aromatic carbocycles. The number of benzene rings is 1. The first-order chi connectivity index (χ1) is 9.26. The van der Waals surface area contributed by atoms with E-state index in [2.05, 4.69) is 11.8 Å². The average molecular weight is 264 g/mol. The van der Waals surface area contributed by atoms with Crippen molar-refractivity contribution < 1.29 is 9.84 Å². The Morgan fingerprint density at radius 2 is 2.11 bits per heavy atom. The second-order valence-electron chi connectivity index (χ2n) is 5.15. The fraction of sp³-hybridized carbons (Fsp3) is 0.600. The van der Waals surface area contributed by atoms with Crippen molar-refractivity contribution in [2.75, 3.05) is 36.9 Å². The van der Waals surface area contributed by atoms with Crippen molar-refractivity contribution in [2.45, 2.75) is 26.2 Å². The van der Waals surface area contributed by atoms with Crippen molar-refractivity contribution >= 4 is 11.4 Å². The van der Waals surface area contributed by atoms with Crippen LogP contribution in [0.2, 0.25) is 0 Å². The fourth-order valence-electron chi connectivity index (χ4n) is 2.50. The van der Waals surface area contributed by atoms with Gasteiger partial charge < -0.3 is 20.5 Å². The highest BCUT2D eigenvalue weighted by Gasteiger charge is 2.20. The highest BCUT2D eigenvalue weighted by molar-refractivity contribution is 5.74. The van der Waals surface area contributed by atoms with Crippen LogP contribution in [-0.4, -0.2) is 31.4 Å². The molecular formula is C15H24N2O2. The van der Waals surface area contributed by atoms with Crippen molar-refractivity contribution in [1.82, 2.24) is 0 Å². The molecule has 0 spiro atoms. The highest BCUT2D eigenvalue weighted by Crippen LogP contribution is 2.34. The van der Waals surface area contributed by atoms with E-state index in [0.29, 0.717) is 19.1 Å². The van der Waals surface area contributed by atoms with E-state index in [9.17, 15) is 5.11 Å². The number of para-hydroxylation sites is 1. The van der Waals surface area contributed by atoms with Crippen molar-refractivity contribution in [3.05, 3.63) is 18.2 Å². The van der Waals surface area contributed by atoms with Gasteiger partial charge in [-0.2, -0.15) is 0 Å². The molecule has 19 heavy (non-hydrogen) atoms. The van der Waals surface area contributed by atoms with Gasteiger partial charge in [0.15, 0.2) is 0 Å². The molecule has 106 valence electrons. The van der Waals surface area contributed by atoms with E-state index in [1.54, 1.807) is 0 Å². The zero-order valence-electron chi connectivity index (χ0n) is 11.6. The zero-order valence-corrected chi connectivity index (χ0v) is 11.6. The Kier molecular flexibility index (Phi) is 4.91. The Labute approximate surface area is 115 Å². The first-order valence-electron chi connectivity index (χ1n) is 7.13. The number of aliphatic hydroxyl groups is 1. The summed E-state index contributed by atoms with van der Waals surface area (Å²) < 4.78 is 5.67. The molecule has 0 amide bonds. The molecule has 0 unspecified atom stereocenters. The molecule has 3 N–H and O–H groups in total. The number of nitrogen functional groups attached to an aromatic ring is 1. The Morgan fingerprint density at radius 1 is 1.37 bits per heavy atom. The Morgan fingerprint density at radius 3 is 2.74 bits per heavy atom. The van der Waals surface area contributed by atoms with Gasteiger partial charge in [-0.25, -0.2) is 0 Å². The topological polar surface area (TPSA) is 58.7 Å². The largest absolute Gasteiger partial charge is 0.491 e. The van der Waals surface area contributed by atoms with Crippen LogP contribution in [0, 0.1) is 5.92 Å². The van der Waals surface area contributed by atoms with Gasteiger partial charge in [0.05, 0.1) is 18.0 Å². The van der Waals surface area contributed by atoms with E-state index in [4.69, 9.17) is 10.5 Å². The van der Waals surface area contributed by atoms with Crippen LogP contribution in [-0.2, 0) is 0 Å². The molecule has 0 radical (unpaired) electrons. The van der Waals surface area contributed by atoms with E-state index in [1.807, 2.05) is 18.2 Å². The lowest BCUT2D eigenvalue weighted by atomic mass is 9.97. The summed E-state index contributed by atoms with van der Waals surface area (Å²) >= 11 is 0. The monoisotopic (exact) mass is 264 g/mol. The smallest absolute Gasteiger partial charge is 0.144 e. The van der Waals surface area contributed by atoms with Crippen LogP contribution in [0.1, 0.15) is 26.2 Å². The second-order valence-corrected chi connectivity index (χ2v) is 5.15. The molecule has 0 saturated carbocycles. The number of aliphatic hydroxyl groups excluding tert-OH is 1. The van der Waals surface area contributed by atoms with Crippen molar-refractivity contribution in [2.24, 2.45) is 5.92 Å². The van der Waals surface area contributed by atoms with Crippen LogP contribution in [0.4, 0.5) is 11.4 Å². The standard InChI is InChI=1S/C15H24N2O2/c1-2-10-19-14-5-3-4-13(15(14)16)17-8-6-12(11-18)7-9-17/h3-5,12,18H,2,6-11,16H2,1H3. The Bertz CT molecular complexity index is 401. The van der Waals surface area contributed by atoms with Crippen LogP contribution in [0.25, 0.3) is 0 Å². The summed E-state index contributed by atoms with van der Waals surface area (Å²) in [5, 5.41) is 9.18. The predicted octanol–water partition coefficient (Wildman–Crippen LogP) is 2.27. The van der Waals surface area contributed by atoms with Gasteiger partial charge in [-0.05, 0) is 37.3 Å². The third kappa shape index (κ3) is 3.32. The maximum Gasteiger partial charge on any atom is 0.144 e. The minimum Gasteiger partial charge on any atom is -0.491 e. The quantitative estimate of drug-likeness (QED) is 0.801. The lowest BCUT2D eigenvalue weighted by Gasteiger charge is -2.33. The molecule has 2 rings (SSSR count). The molecule has 1 saturated heterocycles. The molecule has 0 bridgehead atoms. The maximum absolute atomic E-state index is 9.18. The molecule has 1 heterocycles. The van der Waals surface area contributed by atoms with Crippen LogP contribution < -0.4 is 15.4 Å². The second kappa shape index (κ2) is 6.66. The number of nitrogens with zero attached hydrogens (tertiary/aromatic N) is 1. The van der Waals surface area contributed by atoms with Crippen molar-refractivity contribution in [3.8, 4) is 5.75 Å². The maximum atomic E-state index is 9.18. The molecule has 0 aliphatic carbocycles. The van der Waals surface area contributed by atoms with Gasteiger partial charge in [-0.15, -0.1) is 0 Å². The van der Waals surface area contributed by atoms with Crippen LogP contribution >= 0.6 is 0 Å². The van der Waals surface area contributed by atoms with Crippen LogP contribution in [0.3, 0.4) is 0 Å². The number of piperidine rings is 1. The molecule has 4 nitrogen and oxygen atoms in total. The van der Waals surface area contributed by atoms with Gasteiger partial charge >= 0.3 is 0 Å². The number of nitrogens with two attached hydrogens (primary N) is 1. The third-order valence-corrected chi connectivity index (χ3v) is 3.72. The Hall–Kier alpha value is -1.42. The summed E-state index contributed by atoms with van der Waals surface area (Å²) in [7, 11) is 0. The zero-order chi connectivity index (χ0) is 13.7. The Balaban J connectivity index is 2.08. The molecule has 1 aliphatic rings. The van der Waals surface area contributed by atoms with Crippen molar-refractivity contribution in [1.29, 1.82) is 0 Å². The number of hydrogen-bond acceptors (Lipinski definition) is 4. The van der Waals surface area contributed by atoms with E-state index in [1.165, 1.54) is 0 Å². The van der Waals surface area contributed by atoms with E-state index in [0.717, 1.165) is 49.5 Å². The molecule has 1 aliphatic heterocycles. The van der Waals surface area contributed by atoms with Crippen LogP contribution in [0.15, 0.2) is 18.2 Å². The van der Waals surface area contributed by atoms with Gasteiger partial charge in [-0.3, -0.25) is 0 Å². The summed E-state index contributed by atoms with van der Waals surface area (Å²) in [6, 6.07) is 5.97. The summed E-state index contributed by atoms with van der Waals surface area (Å²) in [5.41, 5.74) is 8.00. The van der Waals surface area contributed by atoms with Gasteiger partial charge in [0.2, 0.25) is 0 Å². The molecule has 4 heteroatoms. The first kappa shape index (κ1) is 14.0. The number of hydrogen-bond donors (Lipinski definition) is 2. The van der Waals surface area contributed by atoms with E-state index < -0.39 is 0 Å². The summed E-state index contributed by atoms with van der Waals surface area (Å²) in [6.45, 7) is 4.97. The normalized spacial score (nSPS) is 16.6. The van der Waals surface area contributed by atoms with Gasteiger partial charge in [0, 0.05) is 19.7 Å². The lowest BCUT2D eigenvalue weighted by molar-refractivity contribution is 0.203. The minimum atomic E-state index is 0.295. The minimum absolute atomic E-state index is 0.295. The predicted molar refractivity (Wildman–Crippen MR) is 78.7 cm³/mol. The SMILES string of the molecule is CCCOc1cccc(N2CCC(CO)CC2)c1N. The number of ether oxygens (including phenoxy) is 1. The summed E-state index contributed by atoms with van der Waals surface area (Å²) in [4.78, 5) is 2.29. The summed E-state index contributed by atoms with van der Waals surface area (Å²) in [6.07, 6.45) is 3.03. The third-order valence-electron chi connectivity index (χ3n) is 3.72. The number of anilines is 2. The molecule has 1 fully saturated rings. The lowest BCUT2D eigenvalue weighted by Crippen LogP contribution is -2.35.